The molecule has 2 heteroatoms. The van der Waals surface area contributed by atoms with Crippen LogP contribution in [-0.4, -0.2) is 37.6 Å². The third kappa shape index (κ3) is 11.8. The highest BCUT2D eigenvalue weighted by Crippen LogP contribution is 2.32. The summed E-state index contributed by atoms with van der Waals surface area (Å²) in [5.41, 5.74) is 7.29. The first-order chi connectivity index (χ1) is 21.2. The lowest BCUT2D eigenvalue weighted by atomic mass is 9.83. The van der Waals surface area contributed by atoms with Gasteiger partial charge in [-0.25, -0.2) is 0 Å². The van der Waals surface area contributed by atoms with Gasteiger partial charge in [-0.05, 0) is 119 Å². The van der Waals surface area contributed by atoms with E-state index < -0.39 is 0 Å². The van der Waals surface area contributed by atoms with E-state index in [2.05, 4.69) is 139 Å². The Morgan fingerprint density at radius 2 is 1.14 bits per heavy atom. The molecule has 0 aromatic heterocycles. The number of aryl methyl sites for hydroxylation is 3. The Bertz CT molecular complexity index is 1250. The van der Waals surface area contributed by atoms with Crippen molar-refractivity contribution in [3.63, 3.8) is 0 Å². The van der Waals surface area contributed by atoms with Gasteiger partial charge in [0.2, 0.25) is 0 Å². The predicted molar refractivity (Wildman–Crippen MR) is 186 cm³/mol. The maximum Gasteiger partial charge on any atom is 0.0161 e. The number of hydrogen-bond acceptors (Lipinski definition) is 2. The lowest BCUT2D eigenvalue weighted by Crippen LogP contribution is -2.38. The van der Waals surface area contributed by atoms with Gasteiger partial charge >= 0.3 is 0 Å². The van der Waals surface area contributed by atoms with Crippen LogP contribution in [0.5, 0.6) is 0 Å². The third-order valence-electron chi connectivity index (χ3n) is 9.09. The van der Waals surface area contributed by atoms with E-state index in [9.17, 15) is 0 Å². The van der Waals surface area contributed by atoms with Crippen molar-refractivity contribution in [3.05, 3.63) is 143 Å². The van der Waals surface area contributed by atoms with Crippen molar-refractivity contribution in [2.75, 3.05) is 26.7 Å². The quantitative estimate of drug-likeness (QED) is 0.106. The normalized spacial score (nSPS) is 12.8. The Morgan fingerprint density at radius 1 is 0.558 bits per heavy atom. The molecule has 0 bridgehead atoms. The van der Waals surface area contributed by atoms with Crippen molar-refractivity contribution in [3.8, 4) is 0 Å². The van der Waals surface area contributed by atoms with Gasteiger partial charge in [0.25, 0.3) is 0 Å². The zero-order valence-corrected chi connectivity index (χ0v) is 26.8. The number of rotatable bonds is 20. The summed E-state index contributed by atoms with van der Waals surface area (Å²) in [6, 6.07) is 42.7. The standard InChI is InChI=1S/C41H54N2/c1-35-19-12-14-26-38(35)31-33-42-32-17-16-29-40(39-27-10-5-11-28-39)41(30-15-13-24-36-20-6-3-7-21-36)43(2)34-18-25-37-22-8-4-9-23-37/h3-12,14,19-23,26-28,40-42H,13,15-18,24-25,29-34H2,1-2H3. The van der Waals surface area contributed by atoms with Gasteiger partial charge < -0.3 is 10.2 Å². The van der Waals surface area contributed by atoms with Crippen molar-refractivity contribution < 1.29 is 0 Å². The molecule has 0 fully saturated rings. The number of nitrogens with zero attached hydrogens (tertiary/aromatic N) is 1. The first-order valence-electron chi connectivity index (χ1n) is 16.8. The van der Waals surface area contributed by atoms with Crippen LogP contribution in [0.3, 0.4) is 0 Å². The topological polar surface area (TPSA) is 15.3 Å². The maximum atomic E-state index is 3.72. The van der Waals surface area contributed by atoms with Gasteiger partial charge in [-0.15, -0.1) is 0 Å². The number of benzene rings is 4. The second-order valence-corrected chi connectivity index (χ2v) is 12.3. The van der Waals surface area contributed by atoms with Crippen LogP contribution >= 0.6 is 0 Å². The van der Waals surface area contributed by atoms with Crippen LogP contribution in [0.1, 0.15) is 78.7 Å². The molecular formula is C41H54N2. The maximum absolute atomic E-state index is 3.72. The average Bonchev–Trinajstić information content (AvgIpc) is 3.05. The van der Waals surface area contributed by atoms with E-state index in [0.717, 1.165) is 32.5 Å². The van der Waals surface area contributed by atoms with Gasteiger partial charge in [-0.2, -0.15) is 0 Å². The number of likely N-dealkylation sites (N-methyl/N-ethyl adjacent to an activating group) is 1. The van der Waals surface area contributed by atoms with Crippen LogP contribution in [0.2, 0.25) is 0 Å². The number of unbranched alkanes of at least 4 members (excludes halogenated alkanes) is 2. The van der Waals surface area contributed by atoms with Crippen molar-refractivity contribution >= 4 is 0 Å². The lowest BCUT2D eigenvalue weighted by Gasteiger charge is -2.36. The summed E-state index contributed by atoms with van der Waals surface area (Å²) in [6.45, 7) is 5.51. The van der Waals surface area contributed by atoms with E-state index in [0.29, 0.717) is 12.0 Å². The van der Waals surface area contributed by atoms with Gasteiger partial charge in [-0.1, -0.05) is 128 Å². The Hall–Kier alpha value is -3.20. The Morgan fingerprint density at radius 3 is 1.81 bits per heavy atom. The summed E-state index contributed by atoms with van der Waals surface area (Å²) in [7, 11) is 2.38. The average molecular weight is 575 g/mol. The second kappa shape index (κ2) is 19.2. The fourth-order valence-corrected chi connectivity index (χ4v) is 6.53. The molecule has 1 N–H and O–H groups in total. The molecule has 4 rings (SSSR count). The van der Waals surface area contributed by atoms with Crippen molar-refractivity contribution in [2.24, 2.45) is 0 Å². The largest absolute Gasteiger partial charge is 0.316 e. The van der Waals surface area contributed by atoms with Crippen LogP contribution in [-0.2, 0) is 19.3 Å². The lowest BCUT2D eigenvalue weighted by molar-refractivity contribution is 0.185. The Labute approximate surface area is 262 Å². The molecule has 0 aliphatic carbocycles. The molecule has 4 aromatic rings. The van der Waals surface area contributed by atoms with Gasteiger partial charge in [0.15, 0.2) is 0 Å². The Balaban J connectivity index is 1.33. The summed E-state index contributed by atoms with van der Waals surface area (Å²) in [5, 5.41) is 3.72. The highest BCUT2D eigenvalue weighted by Gasteiger charge is 2.26. The molecular weight excluding hydrogens is 520 g/mol. The van der Waals surface area contributed by atoms with Crippen LogP contribution in [0.15, 0.2) is 115 Å². The van der Waals surface area contributed by atoms with Crippen LogP contribution < -0.4 is 5.32 Å². The fraction of sp³-hybridized carbons (Fsp3) is 0.415. The van der Waals surface area contributed by atoms with Crippen molar-refractivity contribution in [2.45, 2.75) is 83.1 Å². The molecule has 0 spiro atoms. The molecule has 4 aromatic carbocycles. The molecule has 228 valence electrons. The molecule has 43 heavy (non-hydrogen) atoms. The smallest absolute Gasteiger partial charge is 0.0161 e. The molecule has 2 unspecified atom stereocenters. The minimum atomic E-state index is 0.558. The van der Waals surface area contributed by atoms with Crippen molar-refractivity contribution in [1.82, 2.24) is 10.2 Å². The van der Waals surface area contributed by atoms with Crippen LogP contribution in [0.4, 0.5) is 0 Å². The highest BCUT2D eigenvalue weighted by molar-refractivity contribution is 5.26. The molecule has 0 amide bonds. The summed E-state index contributed by atoms with van der Waals surface area (Å²) < 4.78 is 0. The minimum absolute atomic E-state index is 0.558. The molecule has 0 aliphatic rings. The summed E-state index contributed by atoms with van der Waals surface area (Å²) in [6.07, 6.45) is 12.2. The Kier molecular flexibility index (Phi) is 14.6. The first-order valence-corrected chi connectivity index (χ1v) is 16.8. The monoisotopic (exact) mass is 574 g/mol. The summed E-state index contributed by atoms with van der Waals surface area (Å²) in [5.74, 6) is 0.562. The van der Waals surface area contributed by atoms with E-state index in [1.54, 1.807) is 0 Å². The molecule has 0 saturated carbocycles. The second-order valence-electron chi connectivity index (χ2n) is 12.3. The SMILES string of the molecule is Cc1ccccc1CCNCCCCC(c1ccccc1)C(CCCCc1ccccc1)N(C)CCCc1ccccc1. The zero-order chi connectivity index (χ0) is 30.0. The van der Waals surface area contributed by atoms with Gasteiger partial charge in [0, 0.05) is 6.04 Å². The molecule has 0 radical (unpaired) electrons. The molecule has 2 atom stereocenters. The van der Waals surface area contributed by atoms with Gasteiger partial charge in [0.1, 0.15) is 0 Å². The van der Waals surface area contributed by atoms with Gasteiger partial charge in [-0.3, -0.25) is 0 Å². The minimum Gasteiger partial charge on any atom is -0.316 e. The summed E-state index contributed by atoms with van der Waals surface area (Å²) >= 11 is 0. The molecule has 0 heterocycles. The van der Waals surface area contributed by atoms with E-state index in [-0.39, 0.29) is 0 Å². The van der Waals surface area contributed by atoms with E-state index in [4.69, 9.17) is 0 Å². The van der Waals surface area contributed by atoms with Crippen molar-refractivity contribution in [1.29, 1.82) is 0 Å². The van der Waals surface area contributed by atoms with E-state index >= 15 is 0 Å². The molecule has 2 nitrogen and oxygen atoms in total. The van der Waals surface area contributed by atoms with Crippen LogP contribution in [0.25, 0.3) is 0 Å². The van der Waals surface area contributed by atoms with E-state index in [1.165, 1.54) is 79.2 Å². The molecule has 0 saturated heterocycles. The van der Waals surface area contributed by atoms with Crippen LogP contribution in [0, 0.1) is 6.92 Å². The number of nitrogens with one attached hydrogen (secondary N) is 1. The molecule has 0 aliphatic heterocycles. The number of hydrogen-bond donors (Lipinski definition) is 1. The fourth-order valence-electron chi connectivity index (χ4n) is 6.53. The van der Waals surface area contributed by atoms with Gasteiger partial charge in [0.05, 0.1) is 0 Å². The summed E-state index contributed by atoms with van der Waals surface area (Å²) in [4.78, 5) is 2.70. The zero-order valence-electron chi connectivity index (χ0n) is 26.8. The first kappa shape index (κ1) is 32.7. The highest BCUT2D eigenvalue weighted by atomic mass is 15.1. The third-order valence-corrected chi connectivity index (χ3v) is 9.09. The van der Waals surface area contributed by atoms with E-state index in [1.807, 2.05) is 0 Å². The predicted octanol–water partition coefficient (Wildman–Crippen LogP) is 9.43.